The molecule has 0 saturated carbocycles. The Bertz CT molecular complexity index is 1040. The molecule has 0 aliphatic carbocycles. The fourth-order valence-electron chi connectivity index (χ4n) is 3.14. The number of hydrogen-bond donors (Lipinski definition) is 1. The molecule has 0 radical (unpaired) electrons. The number of halogens is 3. The second kappa shape index (κ2) is 8.67. The summed E-state index contributed by atoms with van der Waals surface area (Å²) in [6.45, 7) is 7.28. The molecule has 2 amide bonds. The van der Waals surface area contributed by atoms with Crippen LogP contribution in [0.3, 0.4) is 0 Å². The molecule has 0 aromatic heterocycles. The van der Waals surface area contributed by atoms with Crippen LogP contribution in [0.15, 0.2) is 66.9 Å². The number of nitrogens with zero attached hydrogens (tertiary/aromatic N) is 1. The maximum Gasteiger partial charge on any atom is 0.416 e. The Morgan fingerprint density at radius 2 is 1.77 bits per heavy atom. The van der Waals surface area contributed by atoms with Crippen LogP contribution in [0.2, 0.25) is 0 Å². The number of amides is 2. The topological polar surface area (TPSA) is 58.6 Å². The first-order chi connectivity index (χ1) is 14.6. The van der Waals surface area contributed by atoms with Crippen LogP contribution in [0.4, 0.5) is 18.9 Å². The second-order valence-electron chi connectivity index (χ2n) is 7.15. The molecule has 5 nitrogen and oxygen atoms in total. The normalized spacial score (nSPS) is 14.5. The minimum absolute atomic E-state index is 0.0243. The molecule has 0 saturated heterocycles. The number of ether oxygens (including phenoxy) is 1. The highest BCUT2D eigenvalue weighted by Gasteiger charge is 2.39. The number of hydrogen-bond acceptors (Lipinski definition) is 4. The van der Waals surface area contributed by atoms with Gasteiger partial charge in [-0.2, -0.15) is 13.2 Å². The van der Waals surface area contributed by atoms with Gasteiger partial charge in [0, 0.05) is 12.2 Å². The number of imide groups is 1. The molecule has 2 aromatic rings. The van der Waals surface area contributed by atoms with Gasteiger partial charge in [0.2, 0.25) is 0 Å². The zero-order valence-corrected chi connectivity index (χ0v) is 17.0. The molecule has 0 fully saturated rings. The highest BCUT2D eigenvalue weighted by molar-refractivity contribution is 6.36. The van der Waals surface area contributed by atoms with E-state index >= 15 is 0 Å². The number of rotatable bonds is 7. The molecule has 1 aliphatic rings. The van der Waals surface area contributed by atoms with E-state index in [1.54, 1.807) is 24.3 Å². The van der Waals surface area contributed by atoms with Crippen molar-refractivity contribution in [2.24, 2.45) is 0 Å². The van der Waals surface area contributed by atoms with Crippen LogP contribution >= 0.6 is 0 Å². The monoisotopic (exact) mass is 430 g/mol. The lowest BCUT2D eigenvalue weighted by molar-refractivity contribution is -0.138. The van der Waals surface area contributed by atoms with Crippen LogP contribution in [0.5, 0.6) is 5.75 Å². The van der Waals surface area contributed by atoms with Gasteiger partial charge in [0.1, 0.15) is 11.4 Å². The molecule has 3 rings (SSSR count). The molecule has 1 heterocycles. The number of carbonyl (C=O) groups is 2. The quantitative estimate of drug-likeness (QED) is 0.503. The molecule has 8 heteroatoms. The third-order valence-electron chi connectivity index (χ3n) is 4.45. The van der Waals surface area contributed by atoms with Gasteiger partial charge in [-0.15, -0.1) is 6.58 Å². The van der Waals surface area contributed by atoms with Gasteiger partial charge in [-0.1, -0.05) is 24.3 Å². The average molecular weight is 430 g/mol. The number of alkyl halides is 3. The predicted molar refractivity (Wildman–Crippen MR) is 111 cm³/mol. The van der Waals surface area contributed by atoms with Gasteiger partial charge in [-0.25, -0.2) is 0 Å². The maximum absolute atomic E-state index is 13.1. The Morgan fingerprint density at radius 3 is 2.35 bits per heavy atom. The number of carbonyl (C=O) groups excluding carboxylic acids is 2. The van der Waals surface area contributed by atoms with Gasteiger partial charge in [0.15, 0.2) is 0 Å². The van der Waals surface area contributed by atoms with Crippen LogP contribution in [-0.2, 0) is 15.8 Å². The van der Waals surface area contributed by atoms with Gasteiger partial charge in [-0.05, 0) is 49.7 Å². The highest BCUT2D eigenvalue weighted by atomic mass is 19.4. The van der Waals surface area contributed by atoms with Crippen molar-refractivity contribution in [3.8, 4) is 5.75 Å². The largest absolute Gasteiger partial charge is 0.491 e. The van der Waals surface area contributed by atoms with Gasteiger partial charge in [0.25, 0.3) is 11.8 Å². The van der Waals surface area contributed by atoms with Crippen molar-refractivity contribution in [2.75, 3.05) is 11.9 Å². The molecule has 0 bridgehead atoms. The fourth-order valence-corrected chi connectivity index (χ4v) is 3.14. The summed E-state index contributed by atoms with van der Waals surface area (Å²) in [7, 11) is 0. The minimum atomic E-state index is -4.54. The van der Waals surface area contributed by atoms with Crippen molar-refractivity contribution in [3.05, 3.63) is 78.0 Å². The van der Waals surface area contributed by atoms with Crippen LogP contribution < -0.4 is 10.1 Å². The van der Waals surface area contributed by atoms with Crippen molar-refractivity contribution >= 4 is 23.1 Å². The second-order valence-corrected chi connectivity index (χ2v) is 7.15. The molecular weight excluding hydrogens is 409 g/mol. The number of nitrogens with one attached hydrogen (secondary N) is 1. The van der Waals surface area contributed by atoms with Gasteiger partial charge < -0.3 is 10.1 Å². The predicted octanol–water partition coefficient (Wildman–Crippen LogP) is 4.87. The van der Waals surface area contributed by atoms with Crippen molar-refractivity contribution in [3.63, 3.8) is 0 Å². The number of anilines is 1. The first kappa shape index (κ1) is 22.1. The summed E-state index contributed by atoms with van der Waals surface area (Å²) in [5.74, 6) is -0.608. The summed E-state index contributed by atoms with van der Waals surface area (Å²) in [5.41, 5.74) is -0.405. The minimum Gasteiger partial charge on any atom is -0.491 e. The van der Waals surface area contributed by atoms with Crippen LogP contribution in [0, 0.1) is 0 Å². The van der Waals surface area contributed by atoms with E-state index in [9.17, 15) is 22.8 Å². The van der Waals surface area contributed by atoms with E-state index in [1.807, 2.05) is 13.8 Å². The van der Waals surface area contributed by atoms with Crippen LogP contribution in [0.25, 0.3) is 5.57 Å². The molecular formula is C23H21F3N2O3. The van der Waals surface area contributed by atoms with Gasteiger partial charge >= 0.3 is 6.18 Å². The van der Waals surface area contributed by atoms with Crippen LogP contribution in [0.1, 0.15) is 25.0 Å². The lowest BCUT2D eigenvalue weighted by atomic mass is 10.0. The van der Waals surface area contributed by atoms with E-state index in [-0.39, 0.29) is 29.6 Å². The summed E-state index contributed by atoms with van der Waals surface area (Å²) in [6.07, 6.45) is -3.17. The summed E-state index contributed by atoms with van der Waals surface area (Å²) >= 11 is 0. The van der Waals surface area contributed by atoms with Crippen molar-refractivity contribution in [1.82, 2.24) is 4.90 Å². The first-order valence-corrected chi connectivity index (χ1v) is 9.54. The maximum atomic E-state index is 13.1. The molecule has 2 aromatic carbocycles. The molecule has 162 valence electrons. The van der Waals surface area contributed by atoms with Gasteiger partial charge in [0.05, 0.1) is 17.2 Å². The Kier molecular flexibility index (Phi) is 6.19. The van der Waals surface area contributed by atoms with Gasteiger partial charge in [-0.3, -0.25) is 14.5 Å². The van der Waals surface area contributed by atoms with E-state index in [2.05, 4.69) is 11.9 Å². The molecule has 0 atom stereocenters. The number of benzene rings is 2. The van der Waals surface area contributed by atoms with E-state index in [0.29, 0.717) is 11.3 Å². The molecule has 0 unspecified atom stereocenters. The van der Waals surface area contributed by atoms with Crippen molar-refractivity contribution < 1.29 is 27.5 Å². The summed E-state index contributed by atoms with van der Waals surface area (Å²) in [5, 5.41) is 2.72. The Labute approximate surface area is 177 Å². The molecule has 31 heavy (non-hydrogen) atoms. The van der Waals surface area contributed by atoms with E-state index in [1.165, 1.54) is 18.2 Å². The SMILES string of the molecule is C=CCN1C(=O)C(Nc2cccc(C(F)(F)F)c2)=C(c2ccc(OC(C)C)cc2)C1=O. The standard InChI is InChI=1S/C23H21F3N2O3/c1-4-12-28-21(29)19(15-8-10-18(11-9-15)31-14(2)3)20(22(28)30)27-17-7-5-6-16(13-17)23(24,25)26/h4-11,13-14,27H,1,12H2,2-3H3. The van der Waals surface area contributed by atoms with Crippen LogP contribution in [-0.4, -0.2) is 29.4 Å². The third-order valence-corrected chi connectivity index (χ3v) is 4.45. The molecule has 1 N–H and O–H groups in total. The Balaban J connectivity index is 2.03. The van der Waals surface area contributed by atoms with E-state index in [4.69, 9.17) is 4.74 Å². The van der Waals surface area contributed by atoms with Crippen molar-refractivity contribution in [1.29, 1.82) is 0 Å². The smallest absolute Gasteiger partial charge is 0.416 e. The molecule has 0 spiro atoms. The Morgan fingerprint density at radius 1 is 1.10 bits per heavy atom. The summed E-state index contributed by atoms with van der Waals surface area (Å²) in [4.78, 5) is 26.8. The van der Waals surface area contributed by atoms with E-state index in [0.717, 1.165) is 17.0 Å². The average Bonchev–Trinajstić information content (AvgIpc) is 2.92. The van der Waals surface area contributed by atoms with Crippen molar-refractivity contribution in [2.45, 2.75) is 26.1 Å². The summed E-state index contributed by atoms with van der Waals surface area (Å²) < 4.78 is 44.8. The third kappa shape index (κ3) is 4.79. The Hall–Kier alpha value is -3.55. The lowest BCUT2D eigenvalue weighted by Gasteiger charge is -2.13. The zero-order chi connectivity index (χ0) is 22.8. The fraction of sp³-hybridized carbons (Fsp3) is 0.217. The molecule has 1 aliphatic heterocycles. The summed E-state index contributed by atoms with van der Waals surface area (Å²) in [6, 6.07) is 11.0. The lowest BCUT2D eigenvalue weighted by Crippen LogP contribution is -2.32. The first-order valence-electron chi connectivity index (χ1n) is 9.54. The highest BCUT2D eigenvalue weighted by Crippen LogP contribution is 2.34. The van der Waals surface area contributed by atoms with E-state index < -0.39 is 23.6 Å². The zero-order valence-electron chi connectivity index (χ0n) is 17.0.